The molecule has 0 spiro atoms. The van der Waals surface area contributed by atoms with Gasteiger partial charge in [-0.2, -0.15) is 0 Å². The Kier molecular flexibility index (Phi) is 3.08. The first kappa shape index (κ1) is 11.4. The number of carbonyl (C=O) groups excluding carboxylic acids is 1. The molecule has 0 bridgehead atoms. The zero-order chi connectivity index (χ0) is 11.1. The number of halogens is 1. The van der Waals surface area contributed by atoms with Crippen molar-refractivity contribution in [3.8, 4) is 0 Å². The van der Waals surface area contributed by atoms with Crippen LogP contribution in [0.25, 0.3) is 0 Å². The molecule has 3 nitrogen and oxygen atoms in total. The molecule has 2 heterocycles. The minimum absolute atomic E-state index is 0.110. The fourth-order valence-corrected chi connectivity index (χ4v) is 2.75. The van der Waals surface area contributed by atoms with Crippen molar-refractivity contribution >= 4 is 21.8 Å². The molecule has 0 aromatic carbocycles. The van der Waals surface area contributed by atoms with E-state index in [1.54, 1.807) is 0 Å². The van der Waals surface area contributed by atoms with Crippen LogP contribution in [0.15, 0.2) is 0 Å². The average molecular weight is 276 g/mol. The summed E-state index contributed by atoms with van der Waals surface area (Å²) in [7, 11) is 0. The van der Waals surface area contributed by atoms with Crippen LogP contribution in [-0.2, 0) is 9.53 Å². The quantitative estimate of drug-likeness (QED) is 0.682. The summed E-state index contributed by atoms with van der Waals surface area (Å²) in [5.41, 5.74) is 0.190. The molecule has 86 valence electrons. The highest BCUT2D eigenvalue weighted by atomic mass is 79.9. The number of rotatable bonds is 1. The monoisotopic (exact) mass is 275 g/mol. The summed E-state index contributed by atoms with van der Waals surface area (Å²) in [6.45, 7) is 7.45. The fourth-order valence-electron chi connectivity index (χ4n) is 2.25. The van der Waals surface area contributed by atoms with Crippen LogP contribution >= 0.6 is 15.9 Å². The second-order valence-corrected chi connectivity index (χ2v) is 6.34. The maximum atomic E-state index is 12.1. The SMILES string of the molecule is CC1(C)CN(C(=O)C2CCOC2)CC1Br. The highest BCUT2D eigenvalue weighted by Crippen LogP contribution is 2.35. The number of likely N-dealkylation sites (tertiary alicyclic amines) is 1. The van der Waals surface area contributed by atoms with E-state index in [1.807, 2.05) is 4.90 Å². The van der Waals surface area contributed by atoms with Gasteiger partial charge in [-0.25, -0.2) is 0 Å². The molecule has 0 N–H and O–H groups in total. The largest absolute Gasteiger partial charge is 0.381 e. The molecule has 2 rings (SSSR count). The second kappa shape index (κ2) is 4.06. The number of nitrogens with zero attached hydrogens (tertiary/aromatic N) is 1. The maximum absolute atomic E-state index is 12.1. The van der Waals surface area contributed by atoms with E-state index < -0.39 is 0 Å². The summed E-state index contributed by atoms with van der Waals surface area (Å²) < 4.78 is 5.26. The third-order valence-electron chi connectivity index (χ3n) is 3.42. The third kappa shape index (κ3) is 2.21. The predicted octanol–water partition coefficient (Wildman–Crippen LogP) is 1.65. The van der Waals surface area contributed by atoms with E-state index >= 15 is 0 Å². The van der Waals surface area contributed by atoms with Crippen LogP contribution in [0.3, 0.4) is 0 Å². The standard InChI is InChI=1S/C11H18BrNO2/c1-11(2)7-13(5-9(11)12)10(14)8-3-4-15-6-8/h8-9H,3-7H2,1-2H3. The van der Waals surface area contributed by atoms with Crippen molar-refractivity contribution in [1.82, 2.24) is 4.90 Å². The Morgan fingerprint density at radius 2 is 2.27 bits per heavy atom. The van der Waals surface area contributed by atoms with Gasteiger partial charge in [-0.1, -0.05) is 29.8 Å². The van der Waals surface area contributed by atoms with Crippen molar-refractivity contribution in [2.45, 2.75) is 25.1 Å². The van der Waals surface area contributed by atoms with Crippen LogP contribution < -0.4 is 0 Å². The van der Waals surface area contributed by atoms with Gasteiger partial charge < -0.3 is 9.64 Å². The van der Waals surface area contributed by atoms with Gasteiger partial charge in [0.05, 0.1) is 12.5 Å². The highest BCUT2D eigenvalue weighted by molar-refractivity contribution is 9.09. The van der Waals surface area contributed by atoms with Gasteiger partial charge in [0, 0.05) is 24.5 Å². The molecule has 4 heteroatoms. The van der Waals surface area contributed by atoms with Gasteiger partial charge in [-0.3, -0.25) is 4.79 Å². The van der Waals surface area contributed by atoms with Gasteiger partial charge in [-0.05, 0) is 11.8 Å². The number of ether oxygens (including phenoxy) is 1. The average Bonchev–Trinajstić information content (AvgIpc) is 2.74. The van der Waals surface area contributed by atoms with E-state index in [0.29, 0.717) is 11.4 Å². The van der Waals surface area contributed by atoms with Crippen molar-refractivity contribution in [3.05, 3.63) is 0 Å². The second-order valence-electron chi connectivity index (χ2n) is 5.24. The first-order valence-electron chi connectivity index (χ1n) is 5.51. The number of alkyl halides is 1. The van der Waals surface area contributed by atoms with Crippen LogP contribution in [0.5, 0.6) is 0 Å². The number of amides is 1. The lowest BCUT2D eigenvalue weighted by molar-refractivity contribution is -0.134. The smallest absolute Gasteiger partial charge is 0.228 e. The number of carbonyl (C=O) groups is 1. The van der Waals surface area contributed by atoms with Crippen LogP contribution in [0.2, 0.25) is 0 Å². The summed E-state index contributed by atoms with van der Waals surface area (Å²) in [6.07, 6.45) is 0.892. The van der Waals surface area contributed by atoms with E-state index in [9.17, 15) is 4.79 Å². The molecule has 2 atom stereocenters. The summed E-state index contributed by atoms with van der Waals surface area (Å²) >= 11 is 3.65. The summed E-state index contributed by atoms with van der Waals surface area (Å²) in [5.74, 6) is 0.390. The van der Waals surface area contributed by atoms with Gasteiger partial charge in [-0.15, -0.1) is 0 Å². The lowest BCUT2D eigenvalue weighted by Crippen LogP contribution is -2.35. The van der Waals surface area contributed by atoms with Crippen molar-refractivity contribution in [2.24, 2.45) is 11.3 Å². The molecule has 0 radical (unpaired) electrons. The summed E-state index contributed by atoms with van der Waals surface area (Å²) in [5, 5.41) is 0. The number of hydrogen-bond acceptors (Lipinski definition) is 2. The first-order valence-corrected chi connectivity index (χ1v) is 6.43. The Hall–Kier alpha value is -0.0900. The molecule has 15 heavy (non-hydrogen) atoms. The minimum Gasteiger partial charge on any atom is -0.381 e. The number of hydrogen-bond donors (Lipinski definition) is 0. The molecule has 2 saturated heterocycles. The van der Waals surface area contributed by atoms with Crippen LogP contribution in [0, 0.1) is 11.3 Å². The maximum Gasteiger partial charge on any atom is 0.228 e. The van der Waals surface area contributed by atoms with Gasteiger partial charge in [0.25, 0.3) is 0 Å². The van der Waals surface area contributed by atoms with E-state index in [4.69, 9.17) is 4.74 Å². The topological polar surface area (TPSA) is 29.5 Å². The molecule has 2 fully saturated rings. The Balaban J connectivity index is 1.98. The molecular weight excluding hydrogens is 258 g/mol. The molecule has 2 unspecified atom stereocenters. The van der Waals surface area contributed by atoms with Crippen molar-refractivity contribution in [2.75, 3.05) is 26.3 Å². The molecule has 0 aliphatic carbocycles. The Labute approximate surface area is 99.3 Å². The third-order valence-corrected chi connectivity index (χ3v) is 4.95. The van der Waals surface area contributed by atoms with Gasteiger partial charge >= 0.3 is 0 Å². The summed E-state index contributed by atoms with van der Waals surface area (Å²) in [4.78, 5) is 14.5. The predicted molar refractivity (Wildman–Crippen MR) is 62.0 cm³/mol. The molecule has 0 saturated carbocycles. The zero-order valence-corrected chi connectivity index (χ0v) is 10.9. The molecule has 2 aliphatic heterocycles. The van der Waals surface area contributed by atoms with Gasteiger partial charge in [0.2, 0.25) is 5.91 Å². The van der Waals surface area contributed by atoms with E-state index in [1.165, 1.54) is 0 Å². The minimum atomic E-state index is 0.110. The van der Waals surface area contributed by atoms with Crippen molar-refractivity contribution < 1.29 is 9.53 Å². The van der Waals surface area contributed by atoms with E-state index in [2.05, 4.69) is 29.8 Å². The highest BCUT2D eigenvalue weighted by Gasteiger charge is 2.41. The molecular formula is C11H18BrNO2. The van der Waals surface area contributed by atoms with E-state index in [-0.39, 0.29) is 17.2 Å². The van der Waals surface area contributed by atoms with Gasteiger partial charge in [0.15, 0.2) is 0 Å². The zero-order valence-electron chi connectivity index (χ0n) is 9.33. The molecule has 2 aliphatic rings. The van der Waals surface area contributed by atoms with Crippen LogP contribution in [0.4, 0.5) is 0 Å². The lowest BCUT2D eigenvalue weighted by atomic mass is 9.93. The van der Waals surface area contributed by atoms with Crippen molar-refractivity contribution in [1.29, 1.82) is 0 Å². The molecule has 0 aromatic rings. The molecule has 0 aromatic heterocycles. The van der Waals surface area contributed by atoms with E-state index in [0.717, 1.165) is 26.1 Å². The van der Waals surface area contributed by atoms with Gasteiger partial charge in [0.1, 0.15) is 0 Å². The normalized spacial score (nSPS) is 34.7. The van der Waals surface area contributed by atoms with Crippen LogP contribution in [-0.4, -0.2) is 41.9 Å². The fraction of sp³-hybridized carbons (Fsp3) is 0.909. The molecule has 1 amide bonds. The summed E-state index contributed by atoms with van der Waals surface area (Å²) in [6, 6.07) is 0. The Morgan fingerprint density at radius 3 is 2.73 bits per heavy atom. The first-order chi connectivity index (χ1) is 7.00. The Morgan fingerprint density at radius 1 is 1.53 bits per heavy atom. The van der Waals surface area contributed by atoms with Crippen LogP contribution in [0.1, 0.15) is 20.3 Å². The Bertz CT molecular complexity index is 261. The van der Waals surface area contributed by atoms with Crippen molar-refractivity contribution in [3.63, 3.8) is 0 Å². The lowest BCUT2D eigenvalue weighted by Gasteiger charge is -2.22.